The standard InChI is InChI=1S/C35H41N3O7S/c1-23-11-13-26(14-12-23)25(3)38(46(42,43)28-15-16-31-29(21-28)24(2)32(44-31)33(39)40)22-27-9-7-8-10-30(27)36-17-19-37(20-18-36)34(41)45-35(4,5)6/h7-16,21,25H,17-20,22H2,1-6H3,(H,39,40). The van der Waals surface area contributed by atoms with Crippen molar-refractivity contribution in [2.45, 2.75) is 64.6 Å². The summed E-state index contributed by atoms with van der Waals surface area (Å²) < 4.78 is 41.6. The van der Waals surface area contributed by atoms with E-state index in [1.165, 1.54) is 22.5 Å². The van der Waals surface area contributed by atoms with Crippen LogP contribution in [0.4, 0.5) is 10.5 Å². The summed E-state index contributed by atoms with van der Waals surface area (Å²) in [5.74, 6) is -1.42. The van der Waals surface area contributed by atoms with E-state index in [1.54, 1.807) is 11.8 Å². The van der Waals surface area contributed by atoms with Gasteiger partial charge in [0, 0.05) is 55.4 Å². The van der Waals surface area contributed by atoms with E-state index in [9.17, 15) is 23.1 Å². The van der Waals surface area contributed by atoms with Crippen molar-refractivity contribution in [3.05, 3.63) is 94.7 Å². The number of rotatable bonds is 8. The zero-order valence-corrected chi connectivity index (χ0v) is 27.9. The number of amides is 1. The van der Waals surface area contributed by atoms with Crippen LogP contribution in [-0.4, -0.2) is 66.6 Å². The molecular weight excluding hydrogens is 606 g/mol. The lowest BCUT2D eigenvalue weighted by atomic mass is 10.1. The molecule has 1 fully saturated rings. The molecule has 5 rings (SSSR count). The highest BCUT2D eigenvalue weighted by Gasteiger charge is 2.33. The van der Waals surface area contributed by atoms with E-state index >= 15 is 0 Å². The first-order valence-electron chi connectivity index (χ1n) is 15.3. The Hall–Kier alpha value is -4.35. The number of para-hydroxylation sites is 1. The van der Waals surface area contributed by atoms with Gasteiger partial charge in [-0.1, -0.05) is 48.0 Å². The fraction of sp³-hybridized carbons (Fsp3) is 0.371. The number of carbonyl (C=O) groups is 2. The smallest absolute Gasteiger partial charge is 0.410 e. The number of hydrogen-bond donors (Lipinski definition) is 1. The molecule has 1 aliphatic heterocycles. The van der Waals surface area contributed by atoms with Crippen molar-refractivity contribution in [2.75, 3.05) is 31.1 Å². The number of aryl methyl sites for hydroxylation is 2. The third-order valence-electron chi connectivity index (χ3n) is 8.29. The van der Waals surface area contributed by atoms with Gasteiger partial charge >= 0.3 is 12.1 Å². The maximum atomic E-state index is 14.5. The number of carbonyl (C=O) groups excluding carboxylic acids is 1. The second-order valence-corrected chi connectivity index (χ2v) is 14.6. The van der Waals surface area contributed by atoms with Crippen LogP contribution in [0.3, 0.4) is 0 Å². The summed E-state index contributed by atoms with van der Waals surface area (Å²) in [5, 5.41) is 9.97. The molecule has 4 aromatic rings. The van der Waals surface area contributed by atoms with Crippen LogP contribution >= 0.6 is 0 Å². The molecule has 2 heterocycles. The molecule has 11 heteroatoms. The second kappa shape index (κ2) is 12.8. The number of anilines is 1. The van der Waals surface area contributed by atoms with E-state index < -0.39 is 27.6 Å². The van der Waals surface area contributed by atoms with E-state index in [4.69, 9.17) is 9.15 Å². The summed E-state index contributed by atoms with van der Waals surface area (Å²) in [6, 6.07) is 19.5. The molecule has 0 bridgehead atoms. The Balaban J connectivity index is 1.49. The van der Waals surface area contributed by atoms with Gasteiger partial charge in [0.2, 0.25) is 15.8 Å². The molecular formula is C35H41N3O7S. The van der Waals surface area contributed by atoms with E-state index in [0.717, 1.165) is 22.4 Å². The minimum Gasteiger partial charge on any atom is -0.475 e. The van der Waals surface area contributed by atoms with E-state index in [-0.39, 0.29) is 23.3 Å². The van der Waals surface area contributed by atoms with Gasteiger partial charge in [0.25, 0.3) is 0 Å². The fourth-order valence-corrected chi connectivity index (χ4v) is 7.34. The average molecular weight is 648 g/mol. The van der Waals surface area contributed by atoms with Crippen LogP contribution in [-0.2, 0) is 21.3 Å². The lowest BCUT2D eigenvalue weighted by Crippen LogP contribution is -2.50. The molecule has 46 heavy (non-hydrogen) atoms. The minimum atomic E-state index is -4.10. The molecule has 10 nitrogen and oxygen atoms in total. The summed E-state index contributed by atoms with van der Waals surface area (Å²) in [7, 11) is -4.10. The van der Waals surface area contributed by atoms with Crippen LogP contribution in [0, 0.1) is 13.8 Å². The average Bonchev–Trinajstić information content (AvgIpc) is 3.35. The van der Waals surface area contributed by atoms with Gasteiger partial charge in [0.05, 0.1) is 4.90 Å². The van der Waals surface area contributed by atoms with Gasteiger partial charge in [0.15, 0.2) is 0 Å². The predicted molar refractivity (Wildman–Crippen MR) is 177 cm³/mol. The highest BCUT2D eigenvalue weighted by Crippen LogP contribution is 2.35. The molecule has 1 saturated heterocycles. The van der Waals surface area contributed by atoms with Crippen molar-refractivity contribution < 1.29 is 32.3 Å². The zero-order chi connectivity index (χ0) is 33.4. The summed E-state index contributed by atoms with van der Waals surface area (Å²) in [5.41, 5.74) is 3.72. The largest absolute Gasteiger partial charge is 0.475 e. The third-order valence-corrected chi connectivity index (χ3v) is 10.2. The Morgan fingerprint density at radius 2 is 1.63 bits per heavy atom. The maximum absolute atomic E-state index is 14.5. The van der Waals surface area contributed by atoms with Gasteiger partial charge in [-0.05, 0) is 76.9 Å². The quantitative estimate of drug-likeness (QED) is 0.223. The van der Waals surface area contributed by atoms with Crippen molar-refractivity contribution in [2.24, 2.45) is 0 Å². The Morgan fingerprint density at radius 3 is 2.26 bits per heavy atom. The molecule has 0 radical (unpaired) electrons. The first kappa shape index (κ1) is 33.0. The Labute approximate surface area is 270 Å². The SMILES string of the molecule is Cc1ccc(C(C)N(Cc2ccccc2N2CCN(C(=O)OC(C)(C)C)CC2)S(=O)(=O)c2ccc3oc(C(=O)O)c(C)c3c2)cc1. The second-order valence-electron chi connectivity index (χ2n) is 12.7. The lowest BCUT2D eigenvalue weighted by molar-refractivity contribution is 0.0240. The van der Waals surface area contributed by atoms with Gasteiger partial charge in [-0.25, -0.2) is 18.0 Å². The van der Waals surface area contributed by atoms with Crippen LogP contribution < -0.4 is 4.90 Å². The van der Waals surface area contributed by atoms with E-state index in [1.807, 2.05) is 83.1 Å². The number of carboxylic acid groups (broad SMARTS) is 1. The number of piperazine rings is 1. The molecule has 1 N–H and O–H groups in total. The Kier molecular flexibility index (Phi) is 9.19. The number of nitrogens with zero attached hydrogens (tertiary/aromatic N) is 3. The van der Waals surface area contributed by atoms with Crippen molar-refractivity contribution in [1.82, 2.24) is 9.21 Å². The Bertz CT molecular complexity index is 1850. The van der Waals surface area contributed by atoms with Gasteiger partial charge in [0.1, 0.15) is 11.2 Å². The number of sulfonamides is 1. The number of aromatic carboxylic acids is 1. The first-order valence-corrected chi connectivity index (χ1v) is 16.8. The van der Waals surface area contributed by atoms with E-state index in [2.05, 4.69) is 4.90 Å². The number of ether oxygens (including phenoxy) is 1. The molecule has 1 aliphatic rings. The molecule has 1 atom stereocenters. The van der Waals surface area contributed by atoms with Crippen LogP contribution in [0.2, 0.25) is 0 Å². The van der Waals surface area contributed by atoms with Crippen molar-refractivity contribution >= 4 is 38.7 Å². The molecule has 3 aromatic carbocycles. The Morgan fingerprint density at radius 1 is 0.978 bits per heavy atom. The normalized spacial score (nSPS) is 14.9. The van der Waals surface area contributed by atoms with Crippen molar-refractivity contribution in [1.29, 1.82) is 0 Å². The summed E-state index contributed by atoms with van der Waals surface area (Å²) in [6.45, 7) is 13.2. The topological polar surface area (TPSA) is 121 Å². The molecule has 0 aliphatic carbocycles. The number of carboxylic acids is 1. The van der Waals surface area contributed by atoms with E-state index in [0.29, 0.717) is 42.7 Å². The molecule has 0 saturated carbocycles. The number of fused-ring (bicyclic) bond motifs is 1. The first-order chi connectivity index (χ1) is 21.7. The highest BCUT2D eigenvalue weighted by atomic mass is 32.2. The van der Waals surface area contributed by atoms with Gasteiger partial charge in [-0.15, -0.1) is 0 Å². The van der Waals surface area contributed by atoms with Crippen LogP contribution in [0.15, 0.2) is 76.0 Å². The fourth-order valence-electron chi connectivity index (χ4n) is 5.72. The zero-order valence-electron chi connectivity index (χ0n) is 27.1. The van der Waals surface area contributed by atoms with Crippen LogP contribution in [0.5, 0.6) is 0 Å². The molecule has 0 spiro atoms. The summed E-state index contributed by atoms with van der Waals surface area (Å²) in [4.78, 5) is 28.2. The van der Waals surface area contributed by atoms with Gasteiger partial charge in [-0.2, -0.15) is 4.31 Å². The summed E-state index contributed by atoms with van der Waals surface area (Å²) in [6.07, 6.45) is -0.343. The molecule has 1 amide bonds. The summed E-state index contributed by atoms with van der Waals surface area (Å²) >= 11 is 0. The van der Waals surface area contributed by atoms with Crippen molar-refractivity contribution in [3.8, 4) is 0 Å². The molecule has 244 valence electrons. The number of hydrogen-bond acceptors (Lipinski definition) is 7. The molecule has 1 unspecified atom stereocenters. The third kappa shape index (κ3) is 6.90. The molecule has 1 aromatic heterocycles. The maximum Gasteiger partial charge on any atom is 0.410 e. The van der Waals surface area contributed by atoms with Crippen LogP contribution in [0.25, 0.3) is 11.0 Å². The number of benzene rings is 3. The van der Waals surface area contributed by atoms with Gasteiger partial charge in [-0.3, -0.25) is 0 Å². The van der Waals surface area contributed by atoms with Gasteiger partial charge < -0.3 is 24.1 Å². The number of furan rings is 1. The van der Waals surface area contributed by atoms with Crippen LogP contribution in [0.1, 0.15) is 66.5 Å². The predicted octanol–water partition coefficient (Wildman–Crippen LogP) is 6.76. The highest BCUT2D eigenvalue weighted by molar-refractivity contribution is 7.89. The minimum absolute atomic E-state index is 0.0447. The van der Waals surface area contributed by atoms with Crippen molar-refractivity contribution in [3.63, 3.8) is 0 Å². The lowest BCUT2D eigenvalue weighted by Gasteiger charge is -2.38. The monoisotopic (exact) mass is 647 g/mol.